The van der Waals surface area contributed by atoms with Crippen LogP contribution >= 0.6 is 11.3 Å². The monoisotopic (exact) mass is 294 g/mol. The SMILES string of the molecule is C[C@@H](Nc1ncc([N+](=O)[O-])s1)c1nnc2n1CCCC2. The van der Waals surface area contributed by atoms with E-state index in [1.807, 2.05) is 6.92 Å². The molecule has 3 rings (SSSR count). The van der Waals surface area contributed by atoms with Crippen LogP contribution in [0.15, 0.2) is 6.20 Å². The van der Waals surface area contributed by atoms with E-state index < -0.39 is 4.92 Å². The van der Waals surface area contributed by atoms with Crippen LogP contribution in [-0.2, 0) is 13.0 Å². The molecule has 0 fully saturated rings. The fraction of sp³-hybridized carbons (Fsp3) is 0.545. The van der Waals surface area contributed by atoms with Crippen LogP contribution in [0, 0.1) is 10.1 Å². The van der Waals surface area contributed by atoms with Crippen molar-refractivity contribution in [1.29, 1.82) is 0 Å². The van der Waals surface area contributed by atoms with Crippen molar-refractivity contribution >= 4 is 21.5 Å². The normalized spacial score (nSPS) is 15.7. The second-order valence-corrected chi connectivity index (χ2v) is 5.72. The number of nitrogens with zero attached hydrogens (tertiary/aromatic N) is 5. The summed E-state index contributed by atoms with van der Waals surface area (Å²) < 4.78 is 2.13. The van der Waals surface area contributed by atoms with Gasteiger partial charge in [-0.3, -0.25) is 10.1 Å². The molecule has 8 nitrogen and oxygen atoms in total. The third-order valence-corrected chi connectivity index (χ3v) is 4.17. The number of nitro groups is 1. The van der Waals surface area contributed by atoms with Crippen LogP contribution in [0.25, 0.3) is 0 Å². The van der Waals surface area contributed by atoms with E-state index in [4.69, 9.17) is 0 Å². The average Bonchev–Trinajstić information content (AvgIpc) is 3.04. The van der Waals surface area contributed by atoms with E-state index in [1.165, 1.54) is 6.20 Å². The van der Waals surface area contributed by atoms with Crippen LogP contribution in [0.3, 0.4) is 0 Å². The van der Waals surface area contributed by atoms with Crippen molar-refractivity contribution in [3.05, 3.63) is 28.0 Å². The molecule has 1 atom stereocenters. The molecule has 2 aromatic rings. The van der Waals surface area contributed by atoms with Crippen molar-refractivity contribution < 1.29 is 4.92 Å². The summed E-state index contributed by atoms with van der Waals surface area (Å²) in [7, 11) is 0. The number of anilines is 1. The predicted molar refractivity (Wildman–Crippen MR) is 73.8 cm³/mol. The second-order valence-electron chi connectivity index (χ2n) is 4.71. The molecule has 0 aliphatic carbocycles. The van der Waals surface area contributed by atoms with E-state index in [0.717, 1.165) is 48.8 Å². The van der Waals surface area contributed by atoms with E-state index in [-0.39, 0.29) is 11.0 Å². The van der Waals surface area contributed by atoms with Gasteiger partial charge >= 0.3 is 5.00 Å². The maximum absolute atomic E-state index is 10.6. The molecule has 0 spiro atoms. The Balaban J connectivity index is 1.77. The first-order chi connectivity index (χ1) is 9.65. The molecule has 2 aromatic heterocycles. The van der Waals surface area contributed by atoms with Crippen molar-refractivity contribution in [2.75, 3.05) is 5.32 Å². The van der Waals surface area contributed by atoms with Crippen LogP contribution < -0.4 is 5.32 Å². The highest BCUT2D eigenvalue weighted by Crippen LogP contribution is 2.28. The van der Waals surface area contributed by atoms with Gasteiger partial charge in [-0.05, 0) is 31.1 Å². The zero-order valence-corrected chi connectivity index (χ0v) is 11.8. The first-order valence-corrected chi connectivity index (χ1v) is 7.25. The Hall–Kier alpha value is -2.03. The van der Waals surface area contributed by atoms with Crippen molar-refractivity contribution in [3.63, 3.8) is 0 Å². The molecule has 9 heteroatoms. The lowest BCUT2D eigenvalue weighted by Gasteiger charge is -2.18. The number of hydrogen-bond donors (Lipinski definition) is 1. The van der Waals surface area contributed by atoms with Crippen LogP contribution in [0.5, 0.6) is 0 Å². The molecule has 0 radical (unpaired) electrons. The van der Waals surface area contributed by atoms with Gasteiger partial charge in [0.15, 0.2) is 11.0 Å². The summed E-state index contributed by atoms with van der Waals surface area (Å²) in [6, 6.07) is -0.0832. The lowest BCUT2D eigenvalue weighted by atomic mass is 10.1. The highest BCUT2D eigenvalue weighted by Gasteiger charge is 2.21. The molecule has 0 aromatic carbocycles. The number of hydrogen-bond acceptors (Lipinski definition) is 7. The maximum Gasteiger partial charge on any atom is 0.345 e. The van der Waals surface area contributed by atoms with E-state index in [1.54, 1.807) is 0 Å². The van der Waals surface area contributed by atoms with Gasteiger partial charge in [0, 0.05) is 13.0 Å². The molecule has 0 saturated carbocycles. The quantitative estimate of drug-likeness (QED) is 0.685. The third kappa shape index (κ3) is 2.36. The summed E-state index contributed by atoms with van der Waals surface area (Å²) in [4.78, 5) is 14.2. The maximum atomic E-state index is 10.6. The zero-order chi connectivity index (χ0) is 14.1. The van der Waals surface area contributed by atoms with Crippen LogP contribution in [0.1, 0.15) is 37.5 Å². The van der Waals surface area contributed by atoms with Gasteiger partial charge in [-0.25, -0.2) is 4.98 Å². The van der Waals surface area contributed by atoms with Gasteiger partial charge in [0.2, 0.25) is 0 Å². The van der Waals surface area contributed by atoms with Gasteiger partial charge in [0.25, 0.3) is 0 Å². The molecule has 0 unspecified atom stereocenters. The number of nitrogens with one attached hydrogen (secondary N) is 1. The van der Waals surface area contributed by atoms with E-state index >= 15 is 0 Å². The molecular formula is C11H14N6O2S. The molecule has 1 N–H and O–H groups in total. The Morgan fingerprint density at radius 1 is 1.50 bits per heavy atom. The van der Waals surface area contributed by atoms with Crippen LogP contribution in [0.2, 0.25) is 0 Å². The summed E-state index contributed by atoms with van der Waals surface area (Å²) in [6.45, 7) is 2.89. The Kier molecular flexibility index (Phi) is 3.35. The molecule has 20 heavy (non-hydrogen) atoms. The summed E-state index contributed by atoms with van der Waals surface area (Å²) >= 11 is 1.03. The number of aromatic nitrogens is 4. The minimum atomic E-state index is -0.438. The Morgan fingerprint density at radius 2 is 2.35 bits per heavy atom. The fourth-order valence-corrected chi connectivity index (χ4v) is 3.04. The largest absolute Gasteiger partial charge is 0.352 e. The standard InChI is InChI=1S/C11H14N6O2S/c1-7(13-11-12-6-9(20-11)17(18)19)10-15-14-8-4-2-3-5-16(8)10/h6-7H,2-5H2,1H3,(H,12,13)/t7-/m1/s1. The number of rotatable bonds is 4. The average molecular weight is 294 g/mol. The minimum absolute atomic E-state index is 0.0305. The molecule has 0 amide bonds. The second kappa shape index (κ2) is 5.16. The van der Waals surface area contributed by atoms with Crippen LogP contribution in [0.4, 0.5) is 10.1 Å². The molecule has 0 saturated heterocycles. The predicted octanol–water partition coefficient (Wildman–Crippen LogP) is 2.15. The van der Waals surface area contributed by atoms with Gasteiger partial charge < -0.3 is 9.88 Å². The van der Waals surface area contributed by atoms with Crippen molar-refractivity contribution in [2.24, 2.45) is 0 Å². The van der Waals surface area contributed by atoms with E-state index in [2.05, 4.69) is 25.1 Å². The Labute approximate surface area is 119 Å². The van der Waals surface area contributed by atoms with Gasteiger partial charge in [-0.15, -0.1) is 10.2 Å². The lowest BCUT2D eigenvalue weighted by Crippen LogP contribution is -2.18. The molecule has 3 heterocycles. The fourth-order valence-electron chi connectivity index (χ4n) is 2.32. The Morgan fingerprint density at radius 3 is 3.10 bits per heavy atom. The lowest BCUT2D eigenvalue weighted by molar-refractivity contribution is -0.380. The third-order valence-electron chi connectivity index (χ3n) is 3.29. The van der Waals surface area contributed by atoms with Gasteiger partial charge in [0.1, 0.15) is 12.0 Å². The minimum Gasteiger partial charge on any atom is -0.352 e. The number of thiazole rings is 1. The first-order valence-electron chi connectivity index (χ1n) is 6.44. The highest BCUT2D eigenvalue weighted by molar-refractivity contribution is 7.18. The smallest absolute Gasteiger partial charge is 0.345 e. The molecule has 1 aliphatic rings. The van der Waals surface area contributed by atoms with Crippen molar-refractivity contribution in [3.8, 4) is 0 Å². The zero-order valence-electron chi connectivity index (χ0n) is 10.9. The number of aryl methyl sites for hydroxylation is 1. The molecular weight excluding hydrogens is 280 g/mol. The summed E-state index contributed by atoms with van der Waals surface area (Å²) in [5.41, 5.74) is 0. The van der Waals surface area contributed by atoms with Gasteiger partial charge in [-0.2, -0.15) is 0 Å². The van der Waals surface area contributed by atoms with Gasteiger partial charge in [-0.1, -0.05) is 0 Å². The topological polar surface area (TPSA) is 98.8 Å². The Bertz CT molecular complexity index is 637. The van der Waals surface area contributed by atoms with Crippen molar-refractivity contribution in [2.45, 2.75) is 38.8 Å². The summed E-state index contributed by atoms with van der Waals surface area (Å²) in [5.74, 6) is 1.88. The molecule has 0 bridgehead atoms. The first kappa shape index (κ1) is 13.0. The highest BCUT2D eigenvalue weighted by atomic mass is 32.1. The van der Waals surface area contributed by atoms with Crippen molar-refractivity contribution in [1.82, 2.24) is 19.7 Å². The van der Waals surface area contributed by atoms with E-state index in [9.17, 15) is 10.1 Å². The summed E-state index contributed by atoms with van der Waals surface area (Å²) in [6.07, 6.45) is 4.51. The molecule has 1 aliphatic heterocycles. The van der Waals surface area contributed by atoms with Crippen LogP contribution in [-0.4, -0.2) is 24.7 Å². The number of fused-ring (bicyclic) bond motifs is 1. The molecule has 106 valence electrons. The van der Waals surface area contributed by atoms with Gasteiger partial charge in [0.05, 0.1) is 11.0 Å². The summed E-state index contributed by atoms with van der Waals surface area (Å²) in [5, 5.41) is 22.8. The van der Waals surface area contributed by atoms with E-state index in [0.29, 0.717) is 5.13 Å².